The second-order valence-corrected chi connectivity index (χ2v) is 7.85. The van der Waals surface area contributed by atoms with Crippen LogP contribution in [0.5, 0.6) is 0 Å². The number of rotatable bonds is 7. The van der Waals surface area contributed by atoms with Crippen LogP contribution in [-0.4, -0.2) is 37.1 Å². The monoisotopic (exact) mass is 394 g/mol. The lowest BCUT2D eigenvalue weighted by molar-refractivity contribution is 0.0370. The molecule has 1 aromatic carbocycles. The molecule has 0 spiro atoms. The van der Waals surface area contributed by atoms with Crippen LogP contribution in [0.2, 0.25) is 0 Å². The van der Waals surface area contributed by atoms with Crippen molar-refractivity contribution in [3.63, 3.8) is 0 Å². The Kier molecular flexibility index (Phi) is 6.62. The molecule has 0 atom stereocenters. The van der Waals surface area contributed by atoms with Crippen molar-refractivity contribution in [1.29, 1.82) is 0 Å². The molecule has 0 radical (unpaired) electrons. The molecule has 0 fully saturated rings. The van der Waals surface area contributed by atoms with Crippen LogP contribution in [0.25, 0.3) is 0 Å². The number of esters is 1. The first-order valence-electron chi connectivity index (χ1n) is 8.12. The molecular weight excluding hydrogens is 375 g/mol. The smallest absolute Gasteiger partial charge is 0.357 e. The minimum atomic E-state index is -3.89. The fourth-order valence-corrected chi connectivity index (χ4v) is 3.08. The maximum absolute atomic E-state index is 12.9. The number of nitrogens with zero attached hydrogens (tertiary/aromatic N) is 1. The standard InChI is InChI=1S/C18H19FN2O5S/c1-12(2)26-18(23)16-8-5-14(11-20-16)17(22)21-27(24,25)10-9-13-3-6-15(19)7-4-13/h3-8,11-12H,9-10H2,1-2H3,(H,21,22). The SMILES string of the molecule is CC(C)OC(=O)c1ccc(C(=O)NS(=O)(=O)CCc2ccc(F)cc2)cn1. The fourth-order valence-electron chi connectivity index (χ4n) is 2.08. The van der Waals surface area contributed by atoms with Gasteiger partial charge in [0.2, 0.25) is 10.0 Å². The number of pyridine rings is 1. The molecule has 7 nitrogen and oxygen atoms in total. The van der Waals surface area contributed by atoms with Crippen molar-refractivity contribution < 1.29 is 27.1 Å². The van der Waals surface area contributed by atoms with E-state index in [2.05, 4.69) is 4.98 Å². The van der Waals surface area contributed by atoms with E-state index in [1.807, 2.05) is 4.72 Å². The van der Waals surface area contributed by atoms with Crippen molar-refractivity contribution in [2.45, 2.75) is 26.4 Å². The highest BCUT2D eigenvalue weighted by atomic mass is 32.2. The van der Waals surface area contributed by atoms with Crippen molar-refractivity contribution in [1.82, 2.24) is 9.71 Å². The van der Waals surface area contributed by atoms with Crippen molar-refractivity contribution >= 4 is 21.9 Å². The Morgan fingerprint density at radius 2 is 1.81 bits per heavy atom. The first kappa shape index (κ1) is 20.5. The molecule has 2 aromatic rings. The van der Waals surface area contributed by atoms with Gasteiger partial charge in [0, 0.05) is 6.20 Å². The molecule has 1 amide bonds. The summed E-state index contributed by atoms with van der Waals surface area (Å²) in [6.45, 7) is 3.38. The Hall–Kier alpha value is -2.81. The zero-order valence-corrected chi connectivity index (χ0v) is 15.6. The summed E-state index contributed by atoms with van der Waals surface area (Å²) in [7, 11) is -3.89. The van der Waals surface area contributed by atoms with Gasteiger partial charge in [-0.15, -0.1) is 0 Å². The van der Waals surface area contributed by atoms with Crippen LogP contribution in [0, 0.1) is 5.82 Å². The number of benzene rings is 1. The number of halogens is 1. The molecule has 0 aliphatic heterocycles. The number of sulfonamides is 1. The molecule has 0 aliphatic carbocycles. The van der Waals surface area contributed by atoms with Gasteiger partial charge in [-0.05, 0) is 50.1 Å². The number of aryl methyl sites for hydroxylation is 1. The van der Waals surface area contributed by atoms with Crippen LogP contribution >= 0.6 is 0 Å². The van der Waals surface area contributed by atoms with E-state index in [0.29, 0.717) is 5.56 Å². The lowest BCUT2D eigenvalue weighted by Gasteiger charge is -2.09. The van der Waals surface area contributed by atoms with E-state index in [1.165, 1.54) is 36.4 Å². The van der Waals surface area contributed by atoms with Gasteiger partial charge in [-0.25, -0.2) is 27.3 Å². The average molecular weight is 394 g/mol. The Labute approximate surface area is 156 Å². The van der Waals surface area contributed by atoms with Gasteiger partial charge in [0.25, 0.3) is 5.91 Å². The van der Waals surface area contributed by atoms with Gasteiger partial charge in [0.05, 0.1) is 17.4 Å². The third kappa shape index (κ3) is 6.45. The molecule has 0 saturated heterocycles. The lowest BCUT2D eigenvalue weighted by atomic mass is 10.2. The zero-order valence-electron chi connectivity index (χ0n) is 14.8. The van der Waals surface area contributed by atoms with E-state index in [-0.39, 0.29) is 29.5 Å². The van der Waals surface area contributed by atoms with E-state index in [0.717, 1.165) is 6.20 Å². The highest BCUT2D eigenvalue weighted by Crippen LogP contribution is 2.07. The van der Waals surface area contributed by atoms with Crippen molar-refractivity contribution in [3.8, 4) is 0 Å². The fraction of sp³-hybridized carbons (Fsp3) is 0.278. The number of carbonyl (C=O) groups is 2. The molecule has 1 heterocycles. The largest absolute Gasteiger partial charge is 0.458 e. The summed E-state index contributed by atoms with van der Waals surface area (Å²) in [6, 6.07) is 7.99. The molecular formula is C18H19FN2O5S. The van der Waals surface area contributed by atoms with E-state index < -0.39 is 27.7 Å². The molecule has 1 aromatic heterocycles. The van der Waals surface area contributed by atoms with Gasteiger partial charge in [0.15, 0.2) is 0 Å². The molecule has 0 saturated carbocycles. The minimum absolute atomic E-state index is 0.0125. The summed E-state index contributed by atoms with van der Waals surface area (Å²) in [5.41, 5.74) is 0.629. The molecule has 1 N–H and O–H groups in total. The number of hydrogen-bond acceptors (Lipinski definition) is 6. The van der Waals surface area contributed by atoms with Crippen LogP contribution in [0.4, 0.5) is 4.39 Å². The topological polar surface area (TPSA) is 102 Å². The van der Waals surface area contributed by atoms with Crippen LogP contribution < -0.4 is 4.72 Å². The molecule has 9 heteroatoms. The summed E-state index contributed by atoms with van der Waals surface area (Å²) in [4.78, 5) is 27.6. The third-order valence-corrected chi connectivity index (χ3v) is 4.64. The molecule has 0 bridgehead atoms. The first-order chi connectivity index (χ1) is 12.7. The molecule has 2 rings (SSSR count). The number of amides is 1. The van der Waals surface area contributed by atoms with E-state index >= 15 is 0 Å². The summed E-state index contributed by atoms with van der Waals surface area (Å²) in [5.74, 6) is -2.24. The molecule has 144 valence electrons. The average Bonchev–Trinajstić information content (AvgIpc) is 2.60. The Bertz CT molecular complexity index is 910. The van der Waals surface area contributed by atoms with Crippen LogP contribution in [0.1, 0.15) is 40.3 Å². The van der Waals surface area contributed by atoms with Gasteiger partial charge < -0.3 is 4.74 Å². The summed E-state index contributed by atoms with van der Waals surface area (Å²) in [5, 5.41) is 0. The van der Waals surface area contributed by atoms with Gasteiger partial charge in [0.1, 0.15) is 11.5 Å². The number of carbonyl (C=O) groups excluding carboxylic acids is 2. The molecule has 0 unspecified atom stereocenters. The van der Waals surface area contributed by atoms with Crippen molar-refractivity contribution in [3.05, 3.63) is 65.2 Å². The normalized spacial score (nSPS) is 11.3. The lowest BCUT2D eigenvalue weighted by Crippen LogP contribution is -2.33. The van der Waals surface area contributed by atoms with Gasteiger partial charge >= 0.3 is 5.97 Å². The van der Waals surface area contributed by atoms with Gasteiger partial charge in [-0.2, -0.15) is 0 Å². The summed E-state index contributed by atoms with van der Waals surface area (Å²) in [6.07, 6.45) is 0.914. The maximum atomic E-state index is 12.9. The Balaban J connectivity index is 1.96. The van der Waals surface area contributed by atoms with Crippen molar-refractivity contribution in [2.75, 3.05) is 5.75 Å². The predicted octanol–water partition coefficient (Wildman–Crippen LogP) is 2.09. The van der Waals surface area contributed by atoms with E-state index in [4.69, 9.17) is 4.74 Å². The second kappa shape index (κ2) is 8.72. The van der Waals surface area contributed by atoms with Crippen molar-refractivity contribution in [2.24, 2.45) is 0 Å². The maximum Gasteiger partial charge on any atom is 0.357 e. The third-order valence-electron chi connectivity index (χ3n) is 3.40. The molecule has 0 aliphatic rings. The predicted molar refractivity (Wildman–Crippen MR) is 96.1 cm³/mol. The van der Waals surface area contributed by atoms with Gasteiger partial charge in [-0.3, -0.25) is 4.79 Å². The van der Waals surface area contributed by atoms with Gasteiger partial charge in [-0.1, -0.05) is 12.1 Å². The quantitative estimate of drug-likeness (QED) is 0.722. The van der Waals surface area contributed by atoms with Crippen LogP contribution in [0.3, 0.4) is 0 Å². The number of ether oxygens (including phenoxy) is 1. The second-order valence-electron chi connectivity index (χ2n) is 6.01. The van der Waals surface area contributed by atoms with E-state index in [9.17, 15) is 22.4 Å². The number of nitrogens with one attached hydrogen (secondary N) is 1. The molecule has 27 heavy (non-hydrogen) atoms. The summed E-state index contributed by atoms with van der Waals surface area (Å²) >= 11 is 0. The summed E-state index contributed by atoms with van der Waals surface area (Å²) < 4.78 is 43.9. The number of hydrogen-bond donors (Lipinski definition) is 1. The highest BCUT2D eigenvalue weighted by Gasteiger charge is 2.18. The van der Waals surface area contributed by atoms with E-state index in [1.54, 1.807) is 13.8 Å². The number of aromatic nitrogens is 1. The Morgan fingerprint density at radius 3 is 2.37 bits per heavy atom. The minimum Gasteiger partial charge on any atom is -0.458 e. The Morgan fingerprint density at radius 1 is 1.15 bits per heavy atom. The first-order valence-corrected chi connectivity index (χ1v) is 9.78. The van der Waals surface area contributed by atoms with Crippen LogP contribution in [0.15, 0.2) is 42.6 Å². The zero-order chi connectivity index (χ0) is 20.0. The van der Waals surface area contributed by atoms with Crippen LogP contribution in [-0.2, 0) is 21.2 Å². The highest BCUT2D eigenvalue weighted by molar-refractivity contribution is 7.90.